The van der Waals surface area contributed by atoms with Gasteiger partial charge in [0, 0.05) is 0 Å². The molecule has 1 N–H and O–H groups in total. The highest BCUT2D eigenvalue weighted by Gasteiger charge is 2.31. The molecule has 0 aliphatic heterocycles. The maximum absolute atomic E-state index is 12.6. The molecular formula is C21H32O3. The number of carbonyl (C=O) groups is 1. The number of benzene rings is 1. The molecule has 1 rings (SSSR count). The molecule has 0 saturated heterocycles. The van der Waals surface area contributed by atoms with Crippen molar-refractivity contribution in [3.63, 3.8) is 0 Å². The minimum Gasteiger partial charge on any atom is -0.423 e. The minimum absolute atomic E-state index is 0.385. The van der Waals surface area contributed by atoms with Gasteiger partial charge < -0.3 is 9.84 Å². The molecule has 134 valence electrons. The summed E-state index contributed by atoms with van der Waals surface area (Å²) in [5, 5.41) is 10.9. The standard InChI is InChI=1S/C21H32O3/c1-4-6-8-13-17-21(3,23)19(16-10-7-5-2)20(22)24-18-14-11-9-12-15-18/h9,11-12,14-16,23H,4-8,10,13,17H2,1-3H3/b19-16+. The van der Waals surface area contributed by atoms with Crippen molar-refractivity contribution in [2.75, 3.05) is 0 Å². The van der Waals surface area contributed by atoms with Gasteiger partial charge in [0.2, 0.25) is 0 Å². The number of ether oxygens (including phenoxy) is 1. The first-order chi connectivity index (χ1) is 11.5. The van der Waals surface area contributed by atoms with Crippen LogP contribution in [0.1, 0.15) is 72.1 Å². The molecule has 3 heteroatoms. The molecule has 0 heterocycles. The molecule has 0 aliphatic rings. The van der Waals surface area contributed by atoms with E-state index in [0.717, 1.165) is 44.9 Å². The van der Waals surface area contributed by atoms with Gasteiger partial charge in [-0.05, 0) is 31.9 Å². The second kappa shape index (κ2) is 11.0. The van der Waals surface area contributed by atoms with Crippen molar-refractivity contribution >= 4 is 5.97 Å². The predicted molar refractivity (Wildman–Crippen MR) is 99.1 cm³/mol. The summed E-state index contributed by atoms with van der Waals surface area (Å²) >= 11 is 0. The van der Waals surface area contributed by atoms with Crippen molar-refractivity contribution in [1.29, 1.82) is 0 Å². The Morgan fingerprint density at radius 2 is 1.75 bits per heavy atom. The van der Waals surface area contributed by atoms with E-state index in [2.05, 4.69) is 13.8 Å². The van der Waals surface area contributed by atoms with Crippen molar-refractivity contribution in [3.05, 3.63) is 42.0 Å². The van der Waals surface area contributed by atoms with Crippen molar-refractivity contribution < 1.29 is 14.6 Å². The zero-order valence-electron chi connectivity index (χ0n) is 15.4. The lowest BCUT2D eigenvalue weighted by Gasteiger charge is -2.25. The second-order valence-corrected chi connectivity index (χ2v) is 6.55. The summed E-state index contributed by atoms with van der Waals surface area (Å²) in [5.41, 5.74) is -0.760. The first-order valence-corrected chi connectivity index (χ1v) is 9.21. The van der Waals surface area contributed by atoms with E-state index in [4.69, 9.17) is 4.74 Å². The van der Waals surface area contributed by atoms with Crippen LogP contribution in [0.25, 0.3) is 0 Å². The largest absolute Gasteiger partial charge is 0.423 e. The molecule has 0 spiro atoms. The van der Waals surface area contributed by atoms with E-state index in [1.165, 1.54) is 0 Å². The fraction of sp³-hybridized carbons (Fsp3) is 0.571. The Morgan fingerprint density at radius 3 is 2.38 bits per heavy atom. The van der Waals surface area contributed by atoms with Crippen molar-refractivity contribution in [3.8, 4) is 5.75 Å². The second-order valence-electron chi connectivity index (χ2n) is 6.55. The van der Waals surface area contributed by atoms with Crippen LogP contribution in [-0.2, 0) is 4.79 Å². The van der Waals surface area contributed by atoms with Crippen LogP contribution in [-0.4, -0.2) is 16.7 Å². The van der Waals surface area contributed by atoms with Crippen molar-refractivity contribution in [2.24, 2.45) is 0 Å². The van der Waals surface area contributed by atoms with Crippen molar-refractivity contribution in [2.45, 2.75) is 77.7 Å². The molecule has 0 radical (unpaired) electrons. The Morgan fingerprint density at radius 1 is 1.08 bits per heavy atom. The van der Waals surface area contributed by atoms with Crippen LogP contribution in [0.5, 0.6) is 5.75 Å². The van der Waals surface area contributed by atoms with E-state index in [1.807, 2.05) is 24.3 Å². The number of para-hydroxylation sites is 1. The number of allylic oxidation sites excluding steroid dienone is 1. The Kier molecular flexibility index (Phi) is 9.39. The molecule has 1 atom stereocenters. The van der Waals surface area contributed by atoms with Gasteiger partial charge in [-0.1, -0.05) is 76.6 Å². The summed E-state index contributed by atoms with van der Waals surface area (Å²) in [7, 11) is 0. The van der Waals surface area contributed by atoms with Crippen LogP contribution in [0.3, 0.4) is 0 Å². The molecule has 0 aromatic heterocycles. The molecule has 3 nitrogen and oxygen atoms in total. The number of aliphatic hydroxyl groups is 1. The van der Waals surface area contributed by atoms with E-state index in [9.17, 15) is 9.90 Å². The van der Waals surface area contributed by atoms with Gasteiger partial charge in [0.25, 0.3) is 0 Å². The van der Waals surface area contributed by atoms with Gasteiger partial charge >= 0.3 is 5.97 Å². The molecule has 1 unspecified atom stereocenters. The maximum atomic E-state index is 12.6. The number of hydrogen-bond donors (Lipinski definition) is 1. The lowest BCUT2D eigenvalue weighted by molar-refractivity contribution is -0.132. The van der Waals surface area contributed by atoms with Gasteiger partial charge in [0.05, 0.1) is 11.2 Å². The SMILES string of the molecule is CCCC/C=C(\C(=O)Oc1ccccc1)C(C)(O)CCCCCC. The smallest absolute Gasteiger partial charge is 0.342 e. The first-order valence-electron chi connectivity index (χ1n) is 9.21. The summed E-state index contributed by atoms with van der Waals surface area (Å²) in [4.78, 5) is 12.6. The lowest BCUT2D eigenvalue weighted by atomic mass is 9.88. The molecule has 0 aliphatic carbocycles. The van der Waals surface area contributed by atoms with Crippen LogP contribution >= 0.6 is 0 Å². The van der Waals surface area contributed by atoms with Crippen LogP contribution in [0.4, 0.5) is 0 Å². The summed E-state index contributed by atoms with van der Waals surface area (Å²) < 4.78 is 5.45. The van der Waals surface area contributed by atoms with Crippen LogP contribution in [0.15, 0.2) is 42.0 Å². The highest BCUT2D eigenvalue weighted by Crippen LogP contribution is 2.26. The highest BCUT2D eigenvalue weighted by molar-refractivity contribution is 5.92. The fourth-order valence-corrected chi connectivity index (χ4v) is 2.65. The fourth-order valence-electron chi connectivity index (χ4n) is 2.65. The Bertz CT molecular complexity index is 503. The normalized spacial score (nSPS) is 14.2. The molecule has 0 saturated carbocycles. The van der Waals surface area contributed by atoms with E-state index < -0.39 is 11.6 Å². The summed E-state index contributed by atoms with van der Waals surface area (Å²) in [5.74, 6) is 0.0588. The Labute approximate surface area is 146 Å². The van der Waals surface area contributed by atoms with Gasteiger partial charge in [-0.2, -0.15) is 0 Å². The number of esters is 1. The van der Waals surface area contributed by atoms with Crippen LogP contribution < -0.4 is 4.74 Å². The zero-order chi connectivity index (χ0) is 17.8. The number of rotatable bonds is 11. The third-order valence-corrected chi connectivity index (χ3v) is 4.18. The topological polar surface area (TPSA) is 46.5 Å². The van der Waals surface area contributed by atoms with E-state index in [1.54, 1.807) is 19.1 Å². The number of carbonyl (C=O) groups excluding carboxylic acids is 1. The third-order valence-electron chi connectivity index (χ3n) is 4.18. The van der Waals surface area contributed by atoms with Gasteiger partial charge in [0.15, 0.2) is 0 Å². The van der Waals surface area contributed by atoms with Crippen molar-refractivity contribution in [1.82, 2.24) is 0 Å². The molecule has 0 amide bonds. The van der Waals surface area contributed by atoms with Gasteiger partial charge in [0.1, 0.15) is 5.75 Å². The third kappa shape index (κ3) is 7.31. The number of hydrogen-bond acceptors (Lipinski definition) is 3. The van der Waals surface area contributed by atoms with Crippen LogP contribution in [0.2, 0.25) is 0 Å². The monoisotopic (exact) mass is 332 g/mol. The highest BCUT2D eigenvalue weighted by atomic mass is 16.5. The summed E-state index contributed by atoms with van der Waals surface area (Å²) in [6, 6.07) is 9.02. The first kappa shape index (κ1) is 20.4. The average molecular weight is 332 g/mol. The molecule has 1 aromatic rings. The van der Waals surface area contributed by atoms with Crippen LogP contribution in [0, 0.1) is 0 Å². The maximum Gasteiger partial charge on any atom is 0.342 e. The van der Waals surface area contributed by atoms with Gasteiger partial charge in [-0.15, -0.1) is 0 Å². The molecule has 24 heavy (non-hydrogen) atoms. The van der Waals surface area contributed by atoms with E-state index in [-0.39, 0.29) is 0 Å². The van der Waals surface area contributed by atoms with Gasteiger partial charge in [-0.25, -0.2) is 4.79 Å². The van der Waals surface area contributed by atoms with E-state index >= 15 is 0 Å². The summed E-state index contributed by atoms with van der Waals surface area (Å²) in [6.45, 7) is 5.99. The van der Waals surface area contributed by atoms with Gasteiger partial charge in [-0.3, -0.25) is 0 Å². The lowest BCUT2D eigenvalue weighted by Crippen LogP contribution is -2.33. The molecule has 0 fully saturated rings. The number of unbranched alkanes of at least 4 members (excludes halogenated alkanes) is 5. The zero-order valence-corrected chi connectivity index (χ0v) is 15.4. The molecule has 0 bridgehead atoms. The summed E-state index contributed by atoms with van der Waals surface area (Å²) in [6.07, 6.45) is 9.54. The average Bonchev–Trinajstić information content (AvgIpc) is 2.56. The van der Waals surface area contributed by atoms with E-state index in [0.29, 0.717) is 17.7 Å². The molecule has 1 aromatic carbocycles. The Hall–Kier alpha value is -1.61. The molecular weight excluding hydrogens is 300 g/mol. The quantitative estimate of drug-likeness (QED) is 0.254. The Balaban J connectivity index is 2.81. The predicted octanol–water partition coefficient (Wildman–Crippen LogP) is 5.43. The minimum atomic E-state index is -1.15.